The van der Waals surface area contributed by atoms with Gasteiger partial charge >= 0.3 is 0 Å². The molecule has 0 fully saturated rings. The Morgan fingerprint density at radius 3 is 1.61 bits per heavy atom. The summed E-state index contributed by atoms with van der Waals surface area (Å²) in [5.74, 6) is 0. The molecule has 0 atom stereocenters. The summed E-state index contributed by atoms with van der Waals surface area (Å²) >= 11 is 7.48. The minimum absolute atomic E-state index is 1.04. The van der Waals surface area contributed by atoms with Crippen LogP contribution in [0.4, 0.5) is 11.4 Å². The minimum atomic E-state index is 1.04. The molecule has 12 aromatic rings. The molecule has 1 aliphatic rings. The number of halogens is 1. The predicted octanol–water partition coefficient (Wildman–Crippen LogP) is 16.1. The molecule has 4 aromatic heterocycles. The molecule has 8 aromatic carbocycles. The SMILES string of the molecule is Brc1ccccc1Nc1cccc2c1sc1c3ccccc3n(-c3ccccc3)c21.c1ccc(-n2c3ccccc3c3sc4c5c(ccc4c32)-c2ccccc2C5)cc1. The molecule has 0 aliphatic heterocycles. The highest BCUT2D eigenvalue weighted by Gasteiger charge is 2.25. The van der Waals surface area contributed by atoms with E-state index in [0.717, 1.165) is 22.3 Å². The van der Waals surface area contributed by atoms with Gasteiger partial charge in [-0.25, -0.2) is 0 Å². The van der Waals surface area contributed by atoms with Gasteiger partial charge in [0.1, 0.15) is 0 Å². The van der Waals surface area contributed by atoms with E-state index in [0.29, 0.717) is 0 Å². The van der Waals surface area contributed by atoms with E-state index in [1.54, 1.807) is 0 Å². The van der Waals surface area contributed by atoms with E-state index in [1.165, 1.54) is 96.0 Å². The lowest BCUT2D eigenvalue weighted by molar-refractivity contribution is 1.19. The Labute approximate surface area is 357 Å². The van der Waals surface area contributed by atoms with Gasteiger partial charge in [0.05, 0.1) is 47.5 Å². The van der Waals surface area contributed by atoms with Crippen LogP contribution in [-0.4, -0.2) is 9.13 Å². The van der Waals surface area contributed by atoms with Crippen molar-refractivity contribution < 1.29 is 0 Å². The van der Waals surface area contributed by atoms with Crippen LogP contribution in [-0.2, 0) is 6.42 Å². The highest BCUT2D eigenvalue weighted by molar-refractivity contribution is 9.10. The van der Waals surface area contributed by atoms with Crippen LogP contribution >= 0.6 is 38.6 Å². The average molecular weight is 857 g/mol. The summed E-state index contributed by atoms with van der Waals surface area (Å²) in [4.78, 5) is 0. The van der Waals surface area contributed by atoms with Crippen molar-refractivity contribution in [3.8, 4) is 22.5 Å². The van der Waals surface area contributed by atoms with E-state index in [9.17, 15) is 0 Å². The number of thiophene rings is 2. The smallest absolute Gasteiger partial charge is 0.0728 e. The molecule has 0 saturated carbocycles. The molecule has 13 rings (SSSR count). The molecular weight excluding hydrogens is 823 g/mol. The van der Waals surface area contributed by atoms with Crippen molar-refractivity contribution in [3.05, 3.63) is 204 Å². The maximum Gasteiger partial charge on any atom is 0.0728 e. The molecule has 280 valence electrons. The van der Waals surface area contributed by atoms with Crippen LogP contribution in [0.15, 0.2) is 193 Å². The zero-order valence-corrected chi connectivity index (χ0v) is 34.9. The lowest BCUT2D eigenvalue weighted by Crippen LogP contribution is -1.94. The summed E-state index contributed by atoms with van der Waals surface area (Å²) in [6, 6.07) is 67.2. The van der Waals surface area contributed by atoms with Crippen molar-refractivity contribution in [2.75, 3.05) is 5.32 Å². The van der Waals surface area contributed by atoms with E-state index in [4.69, 9.17) is 0 Å². The van der Waals surface area contributed by atoms with Crippen LogP contribution in [0, 0.1) is 0 Å². The van der Waals surface area contributed by atoms with E-state index in [1.807, 2.05) is 28.7 Å². The van der Waals surface area contributed by atoms with Gasteiger partial charge in [-0.05, 0) is 92.8 Å². The lowest BCUT2D eigenvalue weighted by Gasteiger charge is -2.10. The highest BCUT2D eigenvalue weighted by Crippen LogP contribution is 2.49. The van der Waals surface area contributed by atoms with E-state index in [-0.39, 0.29) is 0 Å². The van der Waals surface area contributed by atoms with Gasteiger partial charge in [0.2, 0.25) is 0 Å². The van der Waals surface area contributed by atoms with Crippen LogP contribution in [0.3, 0.4) is 0 Å². The molecule has 0 saturated heterocycles. The summed E-state index contributed by atoms with van der Waals surface area (Å²) in [6.07, 6.45) is 1.04. The number of rotatable bonds is 4. The first-order chi connectivity index (χ1) is 29.2. The standard InChI is InChI=1S/C27H17NS.C26H17BrN2S/c1-2-9-18(10-3-1)28-24-13-7-6-12-21(24)27-25(28)22-15-14-20-19-11-5-4-8-17(19)16-23(20)26(22)29-27;27-20-13-5-6-14-21(20)28-22-15-8-12-19-24-26(30-25(19)22)18-11-4-7-16-23(18)29(24)17-9-2-1-3-10-17/h1-15H,16H2;1-16,28H. The first-order valence-electron chi connectivity index (χ1n) is 19.8. The molecule has 0 bridgehead atoms. The molecule has 0 spiro atoms. The first kappa shape index (κ1) is 34.6. The third-order valence-electron chi connectivity index (χ3n) is 11.7. The number of benzene rings is 8. The second kappa shape index (κ2) is 13.8. The van der Waals surface area contributed by atoms with Gasteiger partial charge in [-0.1, -0.05) is 133 Å². The fraction of sp³-hybridized carbons (Fsp3) is 0.0189. The summed E-state index contributed by atoms with van der Waals surface area (Å²) in [5, 5.41) is 8.91. The molecule has 0 radical (unpaired) electrons. The Kier molecular flexibility index (Phi) is 8.12. The summed E-state index contributed by atoms with van der Waals surface area (Å²) in [7, 11) is 0. The van der Waals surface area contributed by atoms with E-state index < -0.39 is 0 Å². The maximum atomic E-state index is 3.66. The third-order valence-corrected chi connectivity index (χ3v) is 14.9. The number of para-hydroxylation sites is 5. The number of nitrogens with one attached hydrogen (secondary N) is 1. The van der Waals surface area contributed by atoms with Crippen LogP contribution in [0.1, 0.15) is 11.1 Å². The molecule has 6 heteroatoms. The second-order valence-corrected chi connectivity index (χ2v) is 17.9. The monoisotopic (exact) mass is 855 g/mol. The quantitative estimate of drug-likeness (QED) is 0.187. The second-order valence-electron chi connectivity index (χ2n) is 15.0. The average Bonchev–Trinajstić information content (AvgIpc) is 4.10. The Balaban J connectivity index is 0.000000128. The van der Waals surface area contributed by atoms with Crippen LogP contribution in [0.5, 0.6) is 0 Å². The Morgan fingerprint density at radius 2 is 0.932 bits per heavy atom. The zero-order chi connectivity index (χ0) is 39.0. The summed E-state index contributed by atoms with van der Waals surface area (Å²) in [5.41, 5.74) is 15.5. The van der Waals surface area contributed by atoms with Gasteiger partial charge in [0.25, 0.3) is 0 Å². The number of anilines is 2. The van der Waals surface area contributed by atoms with Crippen LogP contribution in [0.2, 0.25) is 0 Å². The number of hydrogen-bond acceptors (Lipinski definition) is 3. The van der Waals surface area contributed by atoms with Crippen molar-refractivity contribution in [1.82, 2.24) is 9.13 Å². The topological polar surface area (TPSA) is 21.9 Å². The minimum Gasteiger partial charge on any atom is -0.353 e. The van der Waals surface area contributed by atoms with Gasteiger partial charge in [0, 0.05) is 48.5 Å². The number of aromatic nitrogens is 2. The summed E-state index contributed by atoms with van der Waals surface area (Å²) < 4.78 is 11.3. The molecular formula is C53H34BrN3S2. The largest absolute Gasteiger partial charge is 0.353 e. The zero-order valence-electron chi connectivity index (χ0n) is 31.7. The fourth-order valence-electron chi connectivity index (χ4n) is 9.13. The van der Waals surface area contributed by atoms with Gasteiger partial charge in [0.15, 0.2) is 0 Å². The number of hydrogen-bond donors (Lipinski definition) is 1. The molecule has 3 nitrogen and oxygen atoms in total. The van der Waals surface area contributed by atoms with Crippen molar-refractivity contribution in [2.24, 2.45) is 0 Å². The number of fused-ring (bicyclic) bond motifs is 14. The fourth-order valence-corrected chi connectivity index (χ4v) is 12.2. The van der Waals surface area contributed by atoms with E-state index >= 15 is 0 Å². The molecule has 0 unspecified atom stereocenters. The van der Waals surface area contributed by atoms with Gasteiger partial charge in [-0.2, -0.15) is 0 Å². The Bertz CT molecular complexity index is 3570. The third kappa shape index (κ3) is 5.44. The molecule has 4 heterocycles. The van der Waals surface area contributed by atoms with Crippen molar-refractivity contribution in [2.45, 2.75) is 6.42 Å². The Morgan fingerprint density at radius 1 is 0.407 bits per heavy atom. The lowest BCUT2D eigenvalue weighted by atomic mass is 10.0. The molecule has 1 N–H and O–H groups in total. The van der Waals surface area contributed by atoms with Crippen molar-refractivity contribution >= 4 is 112 Å². The van der Waals surface area contributed by atoms with Gasteiger partial charge in [-0.15, -0.1) is 22.7 Å². The van der Waals surface area contributed by atoms with Crippen LogP contribution in [0.25, 0.3) is 84.9 Å². The van der Waals surface area contributed by atoms with Gasteiger partial charge in [-0.3, -0.25) is 0 Å². The van der Waals surface area contributed by atoms with E-state index in [2.05, 4.69) is 212 Å². The van der Waals surface area contributed by atoms with Crippen molar-refractivity contribution in [3.63, 3.8) is 0 Å². The maximum absolute atomic E-state index is 3.66. The normalized spacial score (nSPS) is 12.1. The van der Waals surface area contributed by atoms with Crippen LogP contribution < -0.4 is 5.32 Å². The molecule has 59 heavy (non-hydrogen) atoms. The first-order valence-corrected chi connectivity index (χ1v) is 22.3. The summed E-state index contributed by atoms with van der Waals surface area (Å²) in [6.45, 7) is 0. The molecule has 0 amide bonds. The van der Waals surface area contributed by atoms with Gasteiger partial charge < -0.3 is 14.5 Å². The predicted molar refractivity (Wildman–Crippen MR) is 258 cm³/mol. The number of nitrogens with zero attached hydrogens (tertiary/aromatic N) is 2. The molecule has 1 aliphatic carbocycles. The highest BCUT2D eigenvalue weighted by atomic mass is 79.9. The Hall–Kier alpha value is -6.44. The van der Waals surface area contributed by atoms with Crippen molar-refractivity contribution in [1.29, 1.82) is 0 Å².